The second-order valence-corrected chi connectivity index (χ2v) is 8.82. The topological polar surface area (TPSA) is 66.5 Å². The Morgan fingerprint density at radius 1 is 1.25 bits per heavy atom. The van der Waals surface area contributed by atoms with E-state index >= 15 is 0 Å². The van der Waals surface area contributed by atoms with Crippen LogP contribution in [0.15, 0.2) is 18.2 Å². The summed E-state index contributed by atoms with van der Waals surface area (Å²) < 4.78 is 26.4. The van der Waals surface area contributed by atoms with E-state index in [1.807, 2.05) is 25.1 Å². The van der Waals surface area contributed by atoms with Gasteiger partial charge in [0.15, 0.2) is 0 Å². The molecule has 24 heavy (non-hydrogen) atoms. The maximum absolute atomic E-state index is 12.4. The summed E-state index contributed by atoms with van der Waals surface area (Å²) >= 11 is 0. The molecule has 0 bridgehead atoms. The Balaban J connectivity index is 1.79. The van der Waals surface area contributed by atoms with Crippen LogP contribution in [0.1, 0.15) is 51.0 Å². The van der Waals surface area contributed by atoms with E-state index in [1.165, 1.54) is 4.31 Å². The van der Waals surface area contributed by atoms with Crippen molar-refractivity contribution in [2.24, 2.45) is 5.92 Å². The van der Waals surface area contributed by atoms with Crippen LogP contribution in [0.2, 0.25) is 0 Å². The normalized spacial score (nSPS) is 18.5. The first-order chi connectivity index (χ1) is 11.5. The predicted octanol–water partition coefficient (Wildman–Crippen LogP) is 3.31. The number of anilines is 2. The van der Waals surface area contributed by atoms with Crippen LogP contribution in [0.25, 0.3) is 0 Å². The maximum atomic E-state index is 12.4. The fourth-order valence-corrected chi connectivity index (χ4v) is 5.35. The number of benzene rings is 1. The van der Waals surface area contributed by atoms with Crippen LogP contribution in [0.5, 0.6) is 0 Å². The number of hydrogen-bond acceptors (Lipinski definition) is 3. The number of aryl methyl sites for hydroxylation is 1. The third-order valence-electron chi connectivity index (χ3n) is 4.95. The van der Waals surface area contributed by atoms with Gasteiger partial charge in [-0.3, -0.25) is 9.10 Å². The van der Waals surface area contributed by atoms with Gasteiger partial charge in [-0.15, -0.1) is 0 Å². The molecule has 0 aromatic heterocycles. The molecule has 1 aromatic carbocycles. The lowest BCUT2D eigenvalue weighted by atomic mass is 10.0. The Morgan fingerprint density at radius 3 is 2.71 bits per heavy atom. The standard InChI is InChI=1S/C18H26N2O3S/c1-2-12-24(22,23)20-11-5-8-15-13-16(9-10-17(15)20)19-18(21)14-6-3-4-7-14/h9-10,13-14H,2-8,11-12H2,1H3,(H,19,21). The van der Waals surface area contributed by atoms with Gasteiger partial charge in [0.05, 0.1) is 11.4 Å². The number of hydrogen-bond donors (Lipinski definition) is 1. The van der Waals surface area contributed by atoms with Crippen molar-refractivity contribution in [2.45, 2.75) is 51.9 Å². The van der Waals surface area contributed by atoms with Gasteiger partial charge in [-0.1, -0.05) is 19.8 Å². The SMILES string of the molecule is CCCS(=O)(=O)N1CCCc2cc(NC(=O)C3CCCC3)ccc21. The fourth-order valence-electron chi connectivity index (χ4n) is 3.73. The Kier molecular flexibility index (Phi) is 5.13. The molecule has 5 nitrogen and oxygen atoms in total. The first-order valence-corrected chi connectivity index (χ1v) is 10.6. The molecule has 1 aliphatic carbocycles. The van der Waals surface area contributed by atoms with Gasteiger partial charge in [0.2, 0.25) is 15.9 Å². The van der Waals surface area contributed by atoms with Crippen molar-refractivity contribution in [1.29, 1.82) is 0 Å². The lowest BCUT2D eigenvalue weighted by Gasteiger charge is -2.30. The molecule has 3 rings (SSSR count). The zero-order chi connectivity index (χ0) is 17.2. The Bertz CT molecular complexity index is 709. The smallest absolute Gasteiger partial charge is 0.235 e. The zero-order valence-corrected chi connectivity index (χ0v) is 15.1. The van der Waals surface area contributed by atoms with Crippen LogP contribution in [0.3, 0.4) is 0 Å². The molecule has 0 spiro atoms. The summed E-state index contributed by atoms with van der Waals surface area (Å²) in [7, 11) is -3.25. The number of amides is 1. The predicted molar refractivity (Wildman–Crippen MR) is 96.8 cm³/mol. The van der Waals surface area contributed by atoms with E-state index in [0.717, 1.165) is 55.5 Å². The van der Waals surface area contributed by atoms with E-state index in [9.17, 15) is 13.2 Å². The highest BCUT2D eigenvalue weighted by molar-refractivity contribution is 7.92. The highest BCUT2D eigenvalue weighted by Crippen LogP contribution is 2.32. The molecule has 1 heterocycles. The zero-order valence-electron chi connectivity index (χ0n) is 14.3. The Morgan fingerprint density at radius 2 is 2.00 bits per heavy atom. The molecule has 1 saturated carbocycles. The third kappa shape index (κ3) is 3.58. The second-order valence-electron chi connectivity index (χ2n) is 6.81. The third-order valence-corrected chi connectivity index (χ3v) is 6.92. The summed E-state index contributed by atoms with van der Waals surface area (Å²) in [6.07, 6.45) is 6.49. The molecule has 1 fully saturated rings. The number of nitrogens with zero attached hydrogens (tertiary/aromatic N) is 1. The van der Waals surface area contributed by atoms with Crippen LogP contribution in [-0.4, -0.2) is 26.6 Å². The van der Waals surface area contributed by atoms with Crippen LogP contribution in [-0.2, 0) is 21.2 Å². The van der Waals surface area contributed by atoms with Crippen molar-refractivity contribution < 1.29 is 13.2 Å². The lowest BCUT2D eigenvalue weighted by molar-refractivity contribution is -0.119. The van der Waals surface area contributed by atoms with Gasteiger partial charge in [-0.2, -0.15) is 0 Å². The average molecular weight is 350 g/mol. The number of sulfonamides is 1. The molecular formula is C18H26N2O3S. The highest BCUT2D eigenvalue weighted by atomic mass is 32.2. The molecule has 1 amide bonds. The molecule has 1 N–H and O–H groups in total. The van der Waals surface area contributed by atoms with E-state index in [-0.39, 0.29) is 17.6 Å². The fraction of sp³-hybridized carbons (Fsp3) is 0.611. The van der Waals surface area contributed by atoms with Gasteiger partial charge in [0.1, 0.15) is 0 Å². The molecule has 0 saturated heterocycles. The van der Waals surface area contributed by atoms with Crippen molar-refractivity contribution in [1.82, 2.24) is 0 Å². The molecule has 1 aliphatic heterocycles. The summed E-state index contributed by atoms with van der Waals surface area (Å²) in [5, 5.41) is 3.01. The minimum atomic E-state index is -3.25. The number of nitrogens with one attached hydrogen (secondary N) is 1. The molecule has 132 valence electrons. The van der Waals surface area contributed by atoms with Gasteiger partial charge in [0.25, 0.3) is 0 Å². The van der Waals surface area contributed by atoms with Gasteiger partial charge in [-0.25, -0.2) is 8.42 Å². The van der Waals surface area contributed by atoms with Crippen LogP contribution < -0.4 is 9.62 Å². The maximum Gasteiger partial charge on any atom is 0.235 e. The molecular weight excluding hydrogens is 324 g/mol. The van der Waals surface area contributed by atoms with Gasteiger partial charge < -0.3 is 5.32 Å². The quantitative estimate of drug-likeness (QED) is 0.886. The molecule has 0 radical (unpaired) electrons. The lowest BCUT2D eigenvalue weighted by Crippen LogP contribution is -2.37. The molecule has 1 aromatic rings. The first kappa shape index (κ1) is 17.3. The monoisotopic (exact) mass is 350 g/mol. The molecule has 0 atom stereocenters. The molecule has 0 unspecified atom stereocenters. The van der Waals surface area contributed by atoms with Gasteiger partial charge in [-0.05, 0) is 55.9 Å². The summed E-state index contributed by atoms with van der Waals surface area (Å²) in [6.45, 7) is 2.42. The van der Waals surface area contributed by atoms with Gasteiger partial charge in [0, 0.05) is 18.2 Å². The Labute approximate surface area is 144 Å². The minimum absolute atomic E-state index is 0.0960. The number of carbonyl (C=O) groups excluding carboxylic acids is 1. The van der Waals surface area contributed by atoms with E-state index in [2.05, 4.69) is 5.32 Å². The summed E-state index contributed by atoms with van der Waals surface area (Å²) in [5.74, 6) is 0.397. The summed E-state index contributed by atoms with van der Waals surface area (Å²) in [6, 6.07) is 5.60. The van der Waals surface area contributed by atoms with Crippen molar-refractivity contribution in [3.8, 4) is 0 Å². The van der Waals surface area contributed by atoms with Crippen molar-refractivity contribution in [3.05, 3.63) is 23.8 Å². The van der Waals surface area contributed by atoms with E-state index in [4.69, 9.17) is 0 Å². The van der Waals surface area contributed by atoms with Gasteiger partial charge >= 0.3 is 0 Å². The number of carbonyl (C=O) groups is 1. The minimum Gasteiger partial charge on any atom is -0.326 e. The van der Waals surface area contributed by atoms with E-state index in [0.29, 0.717) is 13.0 Å². The van der Waals surface area contributed by atoms with Crippen molar-refractivity contribution in [3.63, 3.8) is 0 Å². The number of fused-ring (bicyclic) bond motifs is 1. The average Bonchev–Trinajstić information content (AvgIpc) is 3.08. The largest absolute Gasteiger partial charge is 0.326 e. The molecule has 6 heteroatoms. The van der Waals surface area contributed by atoms with E-state index in [1.54, 1.807) is 0 Å². The summed E-state index contributed by atoms with van der Waals surface area (Å²) in [4.78, 5) is 12.3. The first-order valence-electron chi connectivity index (χ1n) is 8.95. The Hall–Kier alpha value is -1.56. The van der Waals surface area contributed by atoms with Crippen LogP contribution >= 0.6 is 0 Å². The van der Waals surface area contributed by atoms with Crippen molar-refractivity contribution in [2.75, 3.05) is 21.9 Å². The van der Waals surface area contributed by atoms with Crippen LogP contribution in [0, 0.1) is 5.92 Å². The van der Waals surface area contributed by atoms with Crippen LogP contribution in [0.4, 0.5) is 11.4 Å². The van der Waals surface area contributed by atoms with Crippen molar-refractivity contribution >= 4 is 27.3 Å². The van der Waals surface area contributed by atoms with E-state index < -0.39 is 10.0 Å². The summed E-state index contributed by atoms with van der Waals surface area (Å²) in [5.41, 5.74) is 2.55. The highest BCUT2D eigenvalue weighted by Gasteiger charge is 2.27. The molecule has 2 aliphatic rings. The number of rotatable bonds is 5. The second kappa shape index (κ2) is 7.13.